The van der Waals surface area contributed by atoms with Gasteiger partial charge in [0.1, 0.15) is 0 Å². The lowest BCUT2D eigenvalue weighted by molar-refractivity contribution is -0.137. The SMILES string of the molecule is COC1CN(C(=O)N2CC(c3ccc(C(F)(F)F)cc3)CC(c3nc(C(C)C)no3)C2)C1. The largest absolute Gasteiger partial charge is 0.416 e. The van der Waals surface area contributed by atoms with E-state index in [1.807, 2.05) is 13.8 Å². The van der Waals surface area contributed by atoms with Gasteiger partial charge in [-0.1, -0.05) is 31.1 Å². The van der Waals surface area contributed by atoms with Crippen molar-refractivity contribution in [2.75, 3.05) is 33.3 Å². The lowest BCUT2D eigenvalue weighted by Crippen LogP contribution is -2.59. The van der Waals surface area contributed by atoms with Gasteiger partial charge in [-0.15, -0.1) is 0 Å². The van der Waals surface area contributed by atoms with Crippen molar-refractivity contribution in [1.29, 1.82) is 0 Å². The Morgan fingerprint density at radius 3 is 2.28 bits per heavy atom. The van der Waals surface area contributed by atoms with Gasteiger partial charge in [0.15, 0.2) is 5.82 Å². The van der Waals surface area contributed by atoms with Crippen molar-refractivity contribution in [3.05, 3.63) is 47.1 Å². The summed E-state index contributed by atoms with van der Waals surface area (Å²) in [5.41, 5.74) is 0.0636. The number of carbonyl (C=O) groups is 1. The van der Waals surface area contributed by atoms with Crippen LogP contribution in [0.2, 0.25) is 0 Å². The standard InChI is InChI=1S/C22H27F3N4O3/c1-13(2)19-26-20(32-27-19)16-8-15(14-4-6-17(7-5-14)22(23,24)25)9-28(10-16)21(30)29-11-18(12-29)31-3/h4-7,13,15-16,18H,8-12H2,1-3H3. The monoisotopic (exact) mass is 452 g/mol. The van der Waals surface area contributed by atoms with E-state index in [-0.39, 0.29) is 29.9 Å². The molecule has 0 saturated carbocycles. The molecule has 1 aromatic heterocycles. The predicted octanol–water partition coefficient (Wildman–Crippen LogP) is 4.24. The van der Waals surface area contributed by atoms with Gasteiger partial charge in [0.05, 0.1) is 30.7 Å². The number of alkyl halides is 3. The Labute approximate surface area is 184 Å². The predicted molar refractivity (Wildman–Crippen MR) is 109 cm³/mol. The lowest BCUT2D eigenvalue weighted by Gasteiger charge is -2.44. The van der Waals surface area contributed by atoms with Gasteiger partial charge in [-0.2, -0.15) is 18.2 Å². The number of amides is 2. The van der Waals surface area contributed by atoms with E-state index >= 15 is 0 Å². The molecule has 4 rings (SSSR count). The quantitative estimate of drug-likeness (QED) is 0.694. The highest BCUT2D eigenvalue weighted by molar-refractivity contribution is 5.75. The van der Waals surface area contributed by atoms with Crippen LogP contribution < -0.4 is 0 Å². The van der Waals surface area contributed by atoms with Crippen LogP contribution in [0.15, 0.2) is 28.8 Å². The van der Waals surface area contributed by atoms with Gasteiger partial charge in [-0.25, -0.2) is 4.79 Å². The minimum atomic E-state index is -4.39. The molecule has 0 spiro atoms. The van der Waals surface area contributed by atoms with Gasteiger partial charge in [0.2, 0.25) is 5.89 Å². The molecule has 0 N–H and O–H groups in total. The van der Waals surface area contributed by atoms with Crippen LogP contribution in [0.3, 0.4) is 0 Å². The van der Waals surface area contributed by atoms with E-state index in [9.17, 15) is 18.0 Å². The van der Waals surface area contributed by atoms with Crippen LogP contribution in [0.1, 0.15) is 60.9 Å². The van der Waals surface area contributed by atoms with Crippen molar-refractivity contribution >= 4 is 6.03 Å². The topological polar surface area (TPSA) is 71.7 Å². The molecule has 174 valence electrons. The van der Waals surface area contributed by atoms with E-state index in [1.54, 1.807) is 16.9 Å². The van der Waals surface area contributed by atoms with Crippen LogP contribution in [-0.4, -0.2) is 65.4 Å². The molecule has 2 aliphatic heterocycles. The number of nitrogens with zero attached hydrogens (tertiary/aromatic N) is 4. The second-order valence-corrected chi connectivity index (χ2v) is 8.85. The molecule has 0 bridgehead atoms. The van der Waals surface area contributed by atoms with Crippen molar-refractivity contribution in [1.82, 2.24) is 19.9 Å². The summed E-state index contributed by atoms with van der Waals surface area (Å²) < 4.78 is 49.7. The minimum Gasteiger partial charge on any atom is -0.378 e. The molecule has 2 amide bonds. The number of hydrogen-bond acceptors (Lipinski definition) is 5. The van der Waals surface area contributed by atoms with Crippen molar-refractivity contribution in [2.24, 2.45) is 0 Å². The minimum absolute atomic E-state index is 0.0368. The Bertz CT molecular complexity index is 939. The third-order valence-electron chi connectivity index (χ3n) is 6.21. The van der Waals surface area contributed by atoms with Crippen LogP contribution >= 0.6 is 0 Å². The van der Waals surface area contributed by atoms with Gasteiger partial charge >= 0.3 is 12.2 Å². The number of benzene rings is 1. The van der Waals surface area contributed by atoms with Crippen LogP contribution in [0.4, 0.5) is 18.0 Å². The summed E-state index contributed by atoms with van der Waals surface area (Å²) in [6, 6.07) is 5.07. The number of hydrogen-bond donors (Lipinski definition) is 0. The molecule has 10 heteroatoms. The molecular weight excluding hydrogens is 425 g/mol. The fraction of sp³-hybridized carbons (Fsp3) is 0.591. The Morgan fingerprint density at radius 2 is 1.72 bits per heavy atom. The van der Waals surface area contributed by atoms with E-state index in [1.165, 1.54) is 12.1 Å². The smallest absolute Gasteiger partial charge is 0.378 e. The average Bonchev–Trinajstić information content (AvgIpc) is 3.23. The van der Waals surface area contributed by atoms with Crippen LogP contribution in [0.25, 0.3) is 0 Å². The molecular formula is C22H27F3N4O3. The fourth-order valence-electron chi connectivity index (χ4n) is 4.21. The number of methoxy groups -OCH3 is 1. The van der Waals surface area contributed by atoms with Gasteiger partial charge in [0, 0.05) is 32.0 Å². The summed E-state index contributed by atoms with van der Waals surface area (Å²) in [7, 11) is 1.62. The first-order chi connectivity index (χ1) is 15.2. The number of carbonyl (C=O) groups excluding carboxylic acids is 1. The first-order valence-corrected chi connectivity index (χ1v) is 10.7. The number of rotatable bonds is 4. The second kappa shape index (κ2) is 8.73. The molecule has 7 nitrogen and oxygen atoms in total. The van der Waals surface area contributed by atoms with E-state index in [4.69, 9.17) is 9.26 Å². The van der Waals surface area contributed by atoms with E-state index < -0.39 is 11.7 Å². The van der Waals surface area contributed by atoms with Crippen LogP contribution in [-0.2, 0) is 10.9 Å². The fourth-order valence-corrected chi connectivity index (χ4v) is 4.21. The third-order valence-corrected chi connectivity index (χ3v) is 6.21. The molecule has 2 fully saturated rings. The highest BCUT2D eigenvalue weighted by Crippen LogP contribution is 2.37. The van der Waals surface area contributed by atoms with Crippen molar-refractivity contribution in [3.8, 4) is 0 Å². The van der Waals surface area contributed by atoms with Crippen molar-refractivity contribution < 1.29 is 27.2 Å². The summed E-state index contributed by atoms with van der Waals surface area (Å²) in [5, 5.41) is 4.04. The van der Waals surface area contributed by atoms with Gasteiger partial charge in [-0.3, -0.25) is 0 Å². The third kappa shape index (κ3) is 4.60. The number of piperidine rings is 1. The molecule has 0 aliphatic carbocycles. The summed E-state index contributed by atoms with van der Waals surface area (Å²) in [6.07, 6.45) is -3.74. The van der Waals surface area contributed by atoms with Crippen LogP contribution in [0.5, 0.6) is 0 Å². The molecule has 2 atom stereocenters. The number of ether oxygens (including phenoxy) is 1. The van der Waals surface area contributed by atoms with Crippen molar-refractivity contribution in [3.63, 3.8) is 0 Å². The zero-order valence-electron chi connectivity index (χ0n) is 18.3. The zero-order chi connectivity index (χ0) is 23.0. The van der Waals surface area contributed by atoms with Crippen molar-refractivity contribution in [2.45, 2.75) is 50.3 Å². The highest BCUT2D eigenvalue weighted by Gasteiger charge is 2.40. The Balaban J connectivity index is 1.57. The summed E-state index contributed by atoms with van der Waals surface area (Å²) in [5.74, 6) is 0.821. The maximum absolute atomic E-state index is 13.1. The summed E-state index contributed by atoms with van der Waals surface area (Å²) in [6.45, 7) is 5.82. The molecule has 2 unspecified atom stereocenters. The maximum atomic E-state index is 13.1. The van der Waals surface area contributed by atoms with Crippen LogP contribution in [0, 0.1) is 0 Å². The number of urea groups is 1. The van der Waals surface area contributed by atoms with E-state index in [0.29, 0.717) is 44.3 Å². The second-order valence-electron chi connectivity index (χ2n) is 8.85. The normalized spacial score (nSPS) is 22.3. The van der Waals surface area contributed by atoms with E-state index in [2.05, 4.69) is 10.1 Å². The van der Waals surface area contributed by atoms with Gasteiger partial charge in [-0.05, 0) is 24.1 Å². The summed E-state index contributed by atoms with van der Waals surface area (Å²) >= 11 is 0. The number of likely N-dealkylation sites (tertiary alicyclic amines) is 2. The number of aromatic nitrogens is 2. The zero-order valence-corrected chi connectivity index (χ0v) is 18.3. The van der Waals surface area contributed by atoms with E-state index in [0.717, 1.165) is 17.7 Å². The van der Waals surface area contributed by atoms with Gasteiger partial charge in [0.25, 0.3) is 0 Å². The number of halogens is 3. The first-order valence-electron chi connectivity index (χ1n) is 10.7. The Kier molecular flexibility index (Phi) is 6.15. The molecule has 0 radical (unpaired) electrons. The molecule has 2 saturated heterocycles. The molecule has 2 aliphatic rings. The first kappa shape index (κ1) is 22.6. The molecule has 3 heterocycles. The van der Waals surface area contributed by atoms with Gasteiger partial charge < -0.3 is 19.1 Å². The highest BCUT2D eigenvalue weighted by atomic mass is 19.4. The molecule has 32 heavy (non-hydrogen) atoms. The maximum Gasteiger partial charge on any atom is 0.416 e. The molecule has 1 aromatic carbocycles. The summed E-state index contributed by atoms with van der Waals surface area (Å²) in [4.78, 5) is 21.0. The Morgan fingerprint density at radius 1 is 1.09 bits per heavy atom. The average molecular weight is 452 g/mol. The lowest BCUT2D eigenvalue weighted by atomic mass is 9.84. The Hall–Kier alpha value is -2.62. The molecule has 2 aromatic rings.